The van der Waals surface area contributed by atoms with Gasteiger partial charge in [0.05, 0.1) is 18.9 Å². The van der Waals surface area contributed by atoms with E-state index in [-0.39, 0.29) is 6.03 Å². The molecule has 1 aromatic heterocycles. The van der Waals surface area contributed by atoms with Gasteiger partial charge in [0, 0.05) is 62.5 Å². The summed E-state index contributed by atoms with van der Waals surface area (Å²) in [6.45, 7) is 8.49. The minimum atomic E-state index is -0.207. The molecule has 188 valence electrons. The first-order valence-electron chi connectivity index (χ1n) is 12.8. The molecule has 0 spiro atoms. The highest BCUT2D eigenvalue weighted by molar-refractivity contribution is 5.89. The molecule has 8 nitrogen and oxygen atoms in total. The molecule has 2 amide bonds. The molecule has 1 fully saturated rings. The summed E-state index contributed by atoms with van der Waals surface area (Å²) in [5.74, 6) is 1.78. The molecule has 2 aliphatic rings. The van der Waals surface area contributed by atoms with Crippen LogP contribution >= 0.6 is 0 Å². The Balaban J connectivity index is 1.41. The van der Waals surface area contributed by atoms with Crippen LogP contribution in [0.1, 0.15) is 23.7 Å². The number of hydrogen-bond donors (Lipinski definition) is 2. The highest BCUT2D eigenvalue weighted by Gasteiger charge is 2.25. The van der Waals surface area contributed by atoms with Gasteiger partial charge in [0.2, 0.25) is 0 Å². The zero-order valence-electron chi connectivity index (χ0n) is 20.9. The summed E-state index contributed by atoms with van der Waals surface area (Å²) in [5.41, 5.74) is 5.43. The number of ether oxygens (including phenoxy) is 1. The monoisotopic (exact) mass is 486 g/mol. The molecule has 2 aliphatic heterocycles. The van der Waals surface area contributed by atoms with Crippen LogP contribution in [0.2, 0.25) is 0 Å². The smallest absolute Gasteiger partial charge is 0.319 e. The van der Waals surface area contributed by atoms with E-state index in [4.69, 9.17) is 14.7 Å². The summed E-state index contributed by atoms with van der Waals surface area (Å²) in [7, 11) is 0. The predicted molar refractivity (Wildman–Crippen MR) is 142 cm³/mol. The number of rotatable bonds is 6. The van der Waals surface area contributed by atoms with Crippen molar-refractivity contribution >= 4 is 17.5 Å². The van der Waals surface area contributed by atoms with Crippen LogP contribution in [-0.4, -0.2) is 66.8 Å². The molecule has 2 N–H and O–H groups in total. The lowest BCUT2D eigenvalue weighted by molar-refractivity contribution is 0.122. The van der Waals surface area contributed by atoms with Crippen LogP contribution in [0.5, 0.6) is 0 Å². The van der Waals surface area contributed by atoms with Gasteiger partial charge >= 0.3 is 6.03 Å². The van der Waals surface area contributed by atoms with Gasteiger partial charge in [-0.1, -0.05) is 30.3 Å². The van der Waals surface area contributed by atoms with Crippen molar-refractivity contribution in [3.8, 4) is 11.4 Å². The van der Waals surface area contributed by atoms with E-state index in [2.05, 4.69) is 50.8 Å². The summed E-state index contributed by atoms with van der Waals surface area (Å²) < 4.78 is 5.62. The van der Waals surface area contributed by atoms with Crippen LogP contribution in [0.4, 0.5) is 16.3 Å². The Morgan fingerprint density at radius 2 is 1.69 bits per heavy atom. The molecule has 8 heteroatoms. The van der Waals surface area contributed by atoms with E-state index >= 15 is 0 Å². The van der Waals surface area contributed by atoms with Crippen molar-refractivity contribution in [3.05, 3.63) is 71.4 Å². The summed E-state index contributed by atoms with van der Waals surface area (Å²) in [4.78, 5) is 26.9. The molecule has 0 unspecified atom stereocenters. The molecule has 5 rings (SSSR count). The van der Waals surface area contributed by atoms with E-state index in [1.165, 1.54) is 11.1 Å². The number of urea groups is 1. The molecular weight excluding hydrogens is 452 g/mol. The number of amides is 2. The summed E-state index contributed by atoms with van der Waals surface area (Å²) in [6, 6.07) is 18.2. The Bertz CT molecular complexity index is 1160. The second-order valence-corrected chi connectivity index (χ2v) is 9.22. The molecule has 0 saturated carbocycles. The number of carbonyl (C=O) groups excluding carboxylic acids is 1. The molecular formula is C28H34N6O2. The lowest BCUT2D eigenvalue weighted by Gasteiger charge is -2.30. The van der Waals surface area contributed by atoms with Gasteiger partial charge in [-0.2, -0.15) is 0 Å². The minimum absolute atomic E-state index is 0.207. The van der Waals surface area contributed by atoms with Gasteiger partial charge in [-0.25, -0.2) is 14.8 Å². The van der Waals surface area contributed by atoms with E-state index in [1.807, 2.05) is 31.2 Å². The number of fused-ring (bicyclic) bond motifs is 1. The van der Waals surface area contributed by atoms with Crippen LogP contribution in [0.15, 0.2) is 54.6 Å². The van der Waals surface area contributed by atoms with Crippen LogP contribution in [0, 0.1) is 0 Å². The Kier molecular flexibility index (Phi) is 7.73. The van der Waals surface area contributed by atoms with E-state index in [1.54, 1.807) is 0 Å². The largest absolute Gasteiger partial charge is 0.378 e. The van der Waals surface area contributed by atoms with Crippen molar-refractivity contribution in [3.63, 3.8) is 0 Å². The van der Waals surface area contributed by atoms with Gasteiger partial charge in [0.15, 0.2) is 5.82 Å². The molecule has 1 saturated heterocycles. The normalized spacial score (nSPS) is 16.2. The van der Waals surface area contributed by atoms with Crippen molar-refractivity contribution in [1.82, 2.24) is 20.2 Å². The van der Waals surface area contributed by atoms with E-state index in [0.29, 0.717) is 19.8 Å². The topological polar surface area (TPSA) is 82.6 Å². The average Bonchev–Trinajstić information content (AvgIpc) is 3.12. The molecule has 3 aromatic rings. The number of nitrogens with zero attached hydrogens (tertiary/aromatic N) is 4. The van der Waals surface area contributed by atoms with E-state index < -0.39 is 0 Å². The number of nitrogens with one attached hydrogen (secondary N) is 2. The van der Waals surface area contributed by atoms with Gasteiger partial charge in [0.25, 0.3) is 0 Å². The van der Waals surface area contributed by atoms with Crippen LogP contribution < -0.4 is 15.5 Å². The number of morpholine rings is 1. The third-order valence-electron chi connectivity index (χ3n) is 6.71. The fourth-order valence-corrected chi connectivity index (χ4v) is 4.83. The molecule has 3 heterocycles. The van der Waals surface area contributed by atoms with Crippen LogP contribution in [-0.2, 0) is 24.1 Å². The molecule has 36 heavy (non-hydrogen) atoms. The fraction of sp³-hybridized carbons (Fsp3) is 0.393. The summed E-state index contributed by atoms with van der Waals surface area (Å²) in [6.07, 6.45) is 1.83. The lowest BCUT2D eigenvalue weighted by atomic mass is 10.1. The van der Waals surface area contributed by atoms with Gasteiger partial charge < -0.3 is 20.3 Å². The molecule has 0 atom stereocenters. The SMILES string of the molecule is CCNC(=O)Nc1ccc(-c2nc3c(c(N4CCOCC4)n2)CCN(Cc2ccccc2)CC3)cc1. The Morgan fingerprint density at radius 1 is 0.944 bits per heavy atom. The van der Waals surface area contributed by atoms with Crippen molar-refractivity contribution in [2.75, 3.05) is 56.2 Å². The number of benzene rings is 2. The van der Waals surface area contributed by atoms with Crippen molar-refractivity contribution < 1.29 is 9.53 Å². The second-order valence-electron chi connectivity index (χ2n) is 9.22. The van der Waals surface area contributed by atoms with Gasteiger partial charge in [-0.05, 0) is 43.2 Å². The molecule has 2 aromatic carbocycles. The number of aromatic nitrogens is 2. The lowest BCUT2D eigenvalue weighted by Crippen LogP contribution is -2.38. The second kappa shape index (κ2) is 11.5. The van der Waals surface area contributed by atoms with Crippen molar-refractivity contribution in [1.29, 1.82) is 0 Å². The molecule has 0 radical (unpaired) electrons. The Labute approximate surface area is 212 Å². The maximum absolute atomic E-state index is 11.9. The minimum Gasteiger partial charge on any atom is -0.378 e. The van der Waals surface area contributed by atoms with Crippen LogP contribution in [0.25, 0.3) is 11.4 Å². The maximum Gasteiger partial charge on any atom is 0.319 e. The zero-order valence-corrected chi connectivity index (χ0v) is 20.9. The Hall–Kier alpha value is -3.49. The van der Waals surface area contributed by atoms with Crippen molar-refractivity contribution in [2.45, 2.75) is 26.3 Å². The third-order valence-corrected chi connectivity index (χ3v) is 6.71. The average molecular weight is 487 g/mol. The maximum atomic E-state index is 11.9. The van der Waals surface area contributed by atoms with Gasteiger partial charge in [0.1, 0.15) is 5.82 Å². The van der Waals surface area contributed by atoms with E-state index in [0.717, 1.165) is 74.2 Å². The number of anilines is 2. The summed E-state index contributed by atoms with van der Waals surface area (Å²) in [5, 5.41) is 5.60. The first-order chi connectivity index (χ1) is 17.7. The predicted octanol–water partition coefficient (Wildman–Crippen LogP) is 3.72. The zero-order chi connectivity index (χ0) is 24.7. The standard InChI is InChI=1S/C28H34N6O2/c1-2-29-28(35)30-23-10-8-22(9-11-23)26-31-25-13-15-33(20-21-6-4-3-5-7-21)14-12-24(25)27(32-26)34-16-18-36-19-17-34/h3-11H,2,12-20H2,1H3,(H2,29,30,35). The van der Waals surface area contributed by atoms with E-state index in [9.17, 15) is 4.79 Å². The Morgan fingerprint density at radius 3 is 2.44 bits per heavy atom. The first kappa shape index (κ1) is 24.2. The van der Waals surface area contributed by atoms with Crippen molar-refractivity contribution in [2.24, 2.45) is 0 Å². The van der Waals surface area contributed by atoms with Gasteiger partial charge in [-0.3, -0.25) is 4.90 Å². The third kappa shape index (κ3) is 5.83. The highest BCUT2D eigenvalue weighted by atomic mass is 16.5. The molecule has 0 bridgehead atoms. The summed E-state index contributed by atoms with van der Waals surface area (Å²) >= 11 is 0. The number of carbonyl (C=O) groups is 1. The number of hydrogen-bond acceptors (Lipinski definition) is 6. The van der Waals surface area contributed by atoms with Crippen LogP contribution in [0.3, 0.4) is 0 Å². The fourth-order valence-electron chi connectivity index (χ4n) is 4.83. The quantitative estimate of drug-likeness (QED) is 0.553. The van der Waals surface area contributed by atoms with Gasteiger partial charge in [-0.15, -0.1) is 0 Å². The molecule has 0 aliphatic carbocycles. The first-order valence-corrected chi connectivity index (χ1v) is 12.8. The highest BCUT2D eigenvalue weighted by Crippen LogP contribution is 2.29.